The first-order valence-electron chi connectivity index (χ1n) is 5.78. The van der Waals surface area contributed by atoms with E-state index < -0.39 is 0 Å². The summed E-state index contributed by atoms with van der Waals surface area (Å²) < 4.78 is 5.55. The SMILES string of the molecule is CCO[C@@H](C)c1ccc(-c2cncnc2)cc1. The summed E-state index contributed by atoms with van der Waals surface area (Å²) in [4.78, 5) is 8.02. The van der Waals surface area contributed by atoms with Crippen molar-refractivity contribution >= 4 is 0 Å². The maximum Gasteiger partial charge on any atom is 0.115 e. The van der Waals surface area contributed by atoms with Gasteiger partial charge in [-0.1, -0.05) is 24.3 Å². The summed E-state index contributed by atoms with van der Waals surface area (Å²) in [5.41, 5.74) is 3.34. The third-order valence-electron chi connectivity index (χ3n) is 2.69. The van der Waals surface area contributed by atoms with Gasteiger partial charge in [0.1, 0.15) is 6.33 Å². The smallest absolute Gasteiger partial charge is 0.115 e. The quantitative estimate of drug-likeness (QED) is 0.805. The van der Waals surface area contributed by atoms with Crippen LogP contribution in [0.2, 0.25) is 0 Å². The van der Waals surface area contributed by atoms with E-state index in [1.54, 1.807) is 0 Å². The van der Waals surface area contributed by atoms with Gasteiger partial charge in [0.15, 0.2) is 0 Å². The summed E-state index contributed by atoms with van der Waals surface area (Å²) in [6, 6.07) is 8.32. The van der Waals surface area contributed by atoms with E-state index in [4.69, 9.17) is 4.74 Å². The molecule has 1 heterocycles. The summed E-state index contributed by atoms with van der Waals surface area (Å²) in [5.74, 6) is 0. The number of benzene rings is 1. The van der Waals surface area contributed by atoms with Gasteiger partial charge in [-0.15, -0.1) is 0 Å². The van der Waals surface area contributed by atoms with Gasteiger partial charge in [0, 0.05) is 24.6 Å². The van der Waals surface area contributed by atoms with Crippen molar-refractivity contribution in [2.24, 2.45) is 0 Å². The number of aromatic nitrogens is 2. The summed E-state index contributed by atoms with van der Waals surface area (Å²) in [6.45, 7) is 4.80. The Hall–Kier alpha value is -1.74. The van der Waals surface area contributed by atoms with Crippen molar-refractivity contribution < 1.29 is 4.74 Å². The first-order chi connectivity index (χ1) is 8.31. The molecule has 0 fully saturated rings. The molecule has 0 spiro atoms. The third-order valence-corrected chi connectivity index (χ3v) is 2.69. The lowest BCUT2D eigenvalue weighted by molar-refractivity contribution is 0.0764. The maximum absolute atomic E-state index is 5.55. The molecule has 17 heavy (non-hydrogen) atoms. The number of rotatable bonds is 4. The van der Waals surface area contributed by atoms with Crippen molar-refractivity contribution in [1.82, 2.24) is 9.97 Å². The Labute approximate surface area is 102 Å². The van der Waals surface area contributed by atoms with Crippen LogP contribution < -0.4 is 0 Å². The molecule has 0 unspecified atom stereocenters. The van der Waals surface area contributed by atoms with E-state index in [1.807, 2.05) is 19.3 Å². The van der Waals surface area contributed by atoms with Crippen molar-refractivity contribution in [3.05, 3.63) is 48.5 Å². The van der Waals surface area contributed by atoms with Gasteiger partial charge in [0.25, 0.3) is 0 Å². The van der Waals surface area contributed by atoms with Crippen LogP contribution in [0.3, 0.4) is 0 Å². The van der Waals surface area contributed by atoms with E-state index in [-0.39, 0.29) is 6.10 Å². The predicted molar refractivity (Wildman–Crippen MR) is 67.5 cm³/mol. The van der Waals surface area contributed by atoms with Crippen molar-refractivity contribution in [1.29, 1.82) is 0 Å². The van der Waals surface area contributed by atoms with Crippen LogP contribution in [0.4, 0.5) is 0 Å². The summed E-state index contributed by atoms with van der Waals surface area (Å²) >= 11 is 0. The van der Waals surface area contributed by atoms with Crippen molar-refractivity contribution in [3.8, 4) is 11.1 Å². The van der Waals surface area contributed by atoms with E-state index in [1.165, 1.54) is 11.9 Å². The Balaban J connectivity index is 2.19. The zero-order chi connectivity index (χ0) is 12.1. The molecular formula is C14H16N2O. The number of ether oxygens (including phenoxy) is 1. The second-order valence-electron chi connectivity index (χ2n) is 3.85. The lowest BCUT2D eigenvalue weighted by Gasteiger charge is -2.12. The summed E-state index contributed by atoms with van der Waals surface area (Å²) in [7, 11) is 0. The normalized spacial score (nSPS) is 12.4. The Morgan fingerprint density at radius 2 is 1.71 bits per heavy atom. The summed E-state index contributed by atoms with van der Waals surface area (Å²) in [6.07, 6.45) is 5.30. The third kappa shape index (κ3) is 2.88. The Morgan fingerprint density at radius 3 is 2.29 bits per heavy atom. The Bertz CT molecular complexity index is 453. The Morgan fingerprint density at radius 1 is 1.06 bits per heavy atom. The van der Waals surface area contributed by atoms with Crippen LogP contribution in [-0.2, 0) is 4.74 Å². The molecule has 2 rings (SSSR count). The average Bonchev–Trinajstić information content (AvgIpc) is 2.40. The van der Waals surface area contributed by atoms with Crippen LogP contribution in [0, 0.1) is 0 Å². The molecular weight excluding hydrogens is 212 g/mol. The molecule has 88 valence electrons. The molecule has 0 N–H and O–H groups in total. The molecule has 1 aromatic carbocycles. The molecule has 0 radical (unpaired) electrons. The van der Waals surface area contributed by atoms with Crippen LogP contribution >= 0.6 is 0 Å². The summed E-state index contributed by atoms with van der Waals surface area (Å²) in [5, 5.41) is 0. The van der Waals surface area contributed by atoms with Gasteiger partial charge in [-0.25, -0.2) is 9.97 Å². The standard InChI is InChI=1S/C14H16N2O/c1-3-17-11(2)12-4-6-13(7-5-12)14-8-15-10-16-9-14/h4-11H,3H2,1-2H3/t11-/m0/s1. The monoisotopic (exact) mass is 228 g/mol. The molecule has 0 amide bonds. The van der Waals surface area contributed by atoms with Gasteiger partial charge in [-0.3, -0.25) is 0 Å². The minimum atomic E-state index is 0.140. The van der Waals surface area contributed by atoms with Crippen LogP contribution in [0.1, 0.15) is 25.5 Å². The molecule has 0 aliphatic rings. The highest BCUT2D eigenvalue weighted by Crippen LogP contribution is 2.22. The van der Waals surface area contributed by atoms with Crippen molar-refractivity contribution in [3.63, 3.8) is 0 Å². The molecule has 0 bridgehead atoms. The number of hydrogen-bond donors (Lipinski definition) is 0. The lowest BCUT2D eigenvalue weighted by Crippen LogP contribution is -1.98. The van der Waals surface area contributed by atoms with Gasteiger partial charge in [0.2, 0.25) is 0 Å². The first-order valence-corrected chi connectivity index (χ1v) is 5.78. The fourth-order valence-electron chi connectivity index (χ4n) is 1.74. The van der Waals surface area contributed by atoms with Gasteiger partial charge in [0.05, 0.1) is 6.10 Å². The fourth-order valence-corrected chi connectivity index (χ4v) is 1.74. The molecule has 3 heteroatoms. The lowest BCUT2D eigenvalue weighted by atomic mass is 10.0. The van der Waals surface area contributed by atoms with Gasteiger partial charge in [-0.05, 0) is 25.0 Å². The van der Waals surface area contributed by atoms with Crippen LogP contribution in [0.15, 0.2) is 43.0 Å². The number of hydrogen-bond acceptors (Lipinski definition) is 3. The zero-order valence-electron chi connectivity index (χ0n) is 10.1. The maximum atomic E-state index is 5.55. The highest BCUT2D eigenvalue weighted by atomic mass is 16.5. The second kappa shape index (κ2) is 5.55. The molecule has 1 atom stereocenters. The molecule has 0 saturated heterocycles. The van der Waals surface area contributed by atoms with Gasteiger partial charge >= 0.3 is 0 Å². The van der Waals surface area contributed by atoms with Gasteiger partial charge < -0.3 is 4.74 Å². The van der Waals surface area contributed by atoms with E-state index in [0.29, 0.717) is 0 Å². The van der Waals surface area contributed by atoms with E-state index >= 15 is 0 Å². The Kier molecular flexibility index (Phi) is 3.83. The fraction of sp³-hybridized carbons (Fsp3) is 0.286. The highest BCUT2D eigenvalue weighted by Gasteiger charge is 2.05. The van der Waals surface area contributed by atoms with Gasteiger partial charge in [-0.2, -0.15) is 0 Å². The minimum absolute atomic E-state index is 0.140. The topological polar surface area (TPSA) is 35.0 Å². The minimum Gasteiger partial charge on any atom is -0.374 e. The molecule has 2 aromatic rings. The van der Waals surface area contributed by atoms with Crippen molar-refractivity contribution in [2.45, 2.75) is 20.0 Å². The molecule has 1 aromatic heterocycles. The molecule has 3 nitrogen and oxygen atoms in total. The van der Waals surface area contributed by atoms with Crippen LogP contribution in [-0.4, -0.2) is 16.6 Å². The molecule has 0 saturated carbocycles. The molecule has 0 aliphatic carbocycles. The van der Waals surface area contributed by atoms with Crippen LogP contribution in [0.5, 0.6) is 0 Å². The predicted octanol–water partition coefficient (Wildman–Crippen LogP) is 3.24. The largest absolute Gasteiger partial charge is 0.374 e. The molecule has 0 aliphatic heterocycles. The van der Waals surface area contributed by atoms with Crippen molar-refractivity contribution in [2.75, 3.05) is 6.61 Å². The zero-order valence-corrected chi connectivity index (χ0v) is 10.1. The highest BCUT2D eigenvalue weighted by molar-refractivity contribution is 5.61. The second-order valence-corrected chi connectivity index (χ2v) is 3.85. The number of nitrogens with zero attached hydrogens (tertiary/aromatic N) is 2. The average molecular weight is 228 g/mol. The van der Waals surface area contributed by atoms with E-state index in [0.717, 1.165) is 17.7 Å². The first kappa shape index (κ1) is 11.7. The van der Waals surface area contributed by atoms with E-state index in [9.17, 15) is 0 Å². The van der Waals surface area contributed by atoms with E-state index in [2.05, 4.69) is 41.2 Å². The van der Waals surface area contributed by atoms with Crippen LogP contribution in [0.25, 0.3) is 11.1 Å².